The Kier molecular flexibility index (Phi) is 5.89. The minimum absolute atomic E-state index is 0.0599. The Hall–Kier alpha value is -3.79. The Balaban J connectivity index is 1.63. The molecule has 0 unspecified atom stereocenters. The van der Waals surface area contributed by atoms with Crippen LogP contribution in [0.15, 0.2) is 61.2 Å². The van der Waals surface area contributed by atoms with Crippen molar-refractivity contribution in [1.29, 1.82) is 0 Å². The van der Waals surface area contributed by atoms with E-state index in [-0.39, 0.29) is 11.6 Å². The number of rotatable bonds is 8. The van der Waals surface area contributed by atoms with Gasteiger partial charge in [0.05, 0.1) is 28.6 Å². The smallest absolute Gasteiger partial charge is 0.269 e. The number of nitro benzene ring substituents is 1. The zero-order chi connectivity index (χ0) is 21.8. The van der Waals surface area contributed by atoms with E-state index in [1.807, 2.05) is 29.0 Å². The summed E-state index contributed by atoms with van der Waals surface area (Å²) in [5.74, 6) is 0.461. The number of nitrogens with zero attached hydrogens (tertiary/aromatic N) is 5. The van der Waals surface area contributed by atoms with Gasteiger partial charge in [-0.15, -0.1) is 0 Å². The van der Waals surface area contributed by atoms with Crippen LogP contribution in [-0.4, -0.2) is 39.0 Å². The highest BCUT2D eigenvalue weighted by molar-refractivity contribution is 7.22. The number of thiazole rings is 1. The molecule has 2 aromatic carbocycles. The van der Waals surface area contributed by atoms with E-state index in [0.717, 1.165) is 16.0 Å². The number of ether oxygens (including phenoxy) is 1. The monoisotopic (exact) mass is 437 g/mol. The second-order valence-corrected chi connectivity index (χ2v) is 7.75. The maximum atomic E-state index is 13.3. The van der Waals surface area contributed by atoms with E-state index in [4.69, 9.17) is 4.74 Å². The molecule has 4 aromatic rings. The fourth-order valence-corrected chi connectivity index (χ4v) is 4.15. The number of amides is 1. The standard InChI is InChI=1S/C21H19N5O4S/c1-30-17-7-8-18-19(13-17)31-21(23-18)25(11-2-10-24-12-9-22-14-24)20(27)15-3-5-16(6-4-15)26(28)29/h3-9,12-14H,2,10-11H2,1H3. The van der Waals surface area contributed by atoms with Crippen molar-refractivity contribution in [3.63, 3.8) is 0 Å². The van der Waals surface area contributed by atoms with Gasteiger partial charge in [-0.3, -0.25) is 19.8 Å². The summed E-state index contributed by atoms with van der Waals surface area (Å²) in [6.45, 7) is 1.13. The van der Waals surface area contributed by atoms with Gasteiger partial charge < -0.3 is 9.30 Å². The van der Waals surface area contributed by atoms with Crippen molar-refractivity contribution >= 4 is 38.3 Å². The molecule has 31 heavy (non-hydrogen) atoms. The van der Waals surface area contributed by atoms with Gasteiger partial charge in [-0.05, 0) is 36.8 Å². The molecule has 4 rings (SSSR count). The molecule has 9 nitrogen and oxygen atoms in total. The Morgan fingerprint density at radius 1 is 1.26 bits per heavy atom. The Morgan fingerprint density at radius 3 is 2.74 bits per heavy atom. The summed E-state index contributed by atoms with van der Waals surface area (Å²) in [5.41, 5.74) is 1.08. The third kappa shape index (κ3) is 4.53. The summed E-state index contributed by atoms with van der Waals surface area (Å²) in [4.78, 5) is 34.0. The number of aromatic nitrogens is 3. The highest BCUT2D eigenvalue weighted by atomic mass is 32.1. The average molecular weight is 437 g/mol. The first-order valence-corrected chi connectivity index (χ1v) is 10.3. The quantitative estimate of drug-likeness (QED) is 0.303. The number of aryl methyl sites for hydroxylation is 1. The van der Waals surface area contributed by atoms with E-state index in [1.165, 1.54) is 35.6 Å². The summed E-state index contributed by atoms with van der Waals surface area (Å²) in [6.07, 6.45) is 5.99. The molecule has 0 aliphatic carbocycles. The van der Waals surface area contributed by atoms with Crippen LogP contribution in [-0.2, 0) is 6.54 Å². The summed E-state index contributed by atoms with van der Waals surface area (Å²) in [5, 5.41) is 11.5. The van der Waals surface area contributed by atoms with Crippen LogP contribution in [0.2, 0.25) is 0 Å². The number of carbonyl (C=O) groups is 1. The number of hydrogen-bond acceptors (Lipinski definition) is 7. The van der Waals surface area contributed by atoms with Gasteiger partial charge in [-0.25, -0.2) is 9.97 Å². The van der Waals surface area contributed by atoms with E-state index in [0.29, 0.717) is 30.2 Å². The molecule has 0 aliphatic rings. The van der Waals surface area contributed by atoms with Crippen molar-refractivity contribution < 1.29 is 14.5 Å². The fraction of sp³-hybridized carbons (Fsp3) is 0.190. The maximum absolute atomic E-state index is 13.3. The molecule has 0 bridgehead atoms. The molecule has 0 saturated carbocycles. The molecule has 0 N–H and O–H groups in total. The molecule has 0 spiro atoms. The number of methoxy groups -OCH3 is 1. The van der Waals surface area contributed by atoms with Gasteiger partial charge in [0.1, 0.15) is 5.75 Å². The first-order valence-electron chi connectivity index (χ1n) is 9.52. The molecule has 2 heterocycles. The summed E-state index contributed by atoms with van der Waals surface area (Å²) < 4.78 is 8.13. The lowest BCUT2D eigenvalue weighted by Crippen LogP contribution is -2.32. The van der Waals surface area contributed by atoms with Crippen molar-refractivity contribution in [3.05, 3.63) is 76.9 Å². The van der Waals surface area contributed by atoms with Gasteiger partial charge in [-0.2, -0.15) is 0 Å². The number of hydrogen-bond donors (Lipinski definition) is 0. The first kappa shape index (κ1) is 20.5. The van der Waals surface area contributed by atoms with Crippen LogP contribution in [0.1, 0.15) is 16.8 Å². The van der Waals surface area contributed by atoms with Crippen LogP contribution in [0.25, 0.3) is 10.2 Å². The van der Waals surface area contributed by atoms with Crippen LogP contribution in [0.3, 0.4) is 0 Å². The Bertz CT molecular complexity index is 1200. The fourth-order valence-electron chi connectivity index (χ4n) is 3.13. The third-order valence-electron chi connectivity index (χ3n) is 4.74. The number of non-ortho nitro benzene ring substituents is 1. The van der Waals surface area contributed by atoms with Crippen LogP contribution < -0.4 is 9.64 Å². The summed E-state index contributed by atoms with van der Waals surface area (Å²) >= 11 is 1.40. The van der Waals surface area contributed by atoms with Gasteiger partial charge >= 0.3 is 0 Å². The number of fused-ring (bicyclic) bond motifs is 1. The molecule has 0 aliphatic heterocycles. The molecule has 0 fully saturated rings. The van der Waals surface area contributed by atoms with Gasteiger partial charge in [-0.1, -0.05) is 11.3 Å². The largest absolute Gasteiger partial charge is 0.497 e. The summed E-state index contributed by atoms with van der Waals surface area (Å²) in [6, 6.07) is 11.2. The van der Waals surface area contributed by atoms with E-state index < -0.39 is 4.92 Å². The van der Waals surface area contributed by atoms with Crippen LogP contribution in [0.5, 0.6) is 5.75 Å². The van der Waals surface area contributed by atoms with Crippen molar-refractivity contribution in [2.45, 2.75) is 13.0 Å². The lowest BCUT2D eigenvalue weighted by molar-refractivity contribution is -0.384. The Labute approximate surface area is 181 Å². The SMILES string of the molecule is COc1ccc2nc(N(CCCn3ccnc3)C(=O)c3ccc([N+](=O)[O-])cc3)sc2c1. The minimum Gasteiger partial charge on any atom is -0.497 e. The lowest BCUT2D eigenvalue weighted by atomic mass is 10.2. The van der Waals surface area contributed by atoms with E-state index in [1.54, 1.807) is 24.5 Å². The molecule has 10 heteroatoms. The minimum atomic E-state index is -0.488. The van der Waals surface area contributed by atoms with Gasteiger partial charge in [0.15, 0.2) is 5.13 Å². The second-order valence-electron chi connectivity index (χ2n) is 6.74. The molecule has 2 aromatic heterocycles. The number of benzene rings is 2. The van der Waals surface area contributed by atoms with Crippen LogP contribution in [0.4, 0.5) is 10.8 Å². The zero-order valence-corrected chi connectivity index (χ0v) is 17.5. The van der Waals surface area contributed by atoms with Gasteiger partial charge in [0.25, 0.3) is 11.6 Å². The maximum Gasteiger partial charge on any atom is 0.269 e. The predicted octanol–water partition coefficient (Wildman–Crippen LogP) is 4.15. The molecular formula is C21H19N5O4S. The molecule has 0 atom stereocenters. The zero-order valence-electron chi connectivity index (χ0n) is 16.7. The van der Waals surface area contributed by atoms with Crippen LogP contribution in [0, 0.1) is 10.1 Å². The summed E-state index contributed by atoms with van der Waals surface area (Å²) in [7, 11) is 1.60. The first-order chi connectivity index (χ1) is 15.0. The van der Waals surface area contributed by atoms with E-state index in [2.05, 4.69) is 9.97 Å². The van der Waals surface area contributed by atoms with Crippen molar-refractivity contribution in [3.8, 4) is 5.75 Å². The molecule has 0 saturated heterocycles. The van der Waals surface area contributed by atoms with Crippen molar-refractivity contribution in [1.82, 2.24) is 14.5 Å². The number of carbonyl (C=O) groups excluding carboxylic acids is 1. The topological polar surface area (TPSA) is 103 Å². The van der Waals surface area contributed by atoms with Gasteiger partial charge in [0, 0.05) is 43.2 Å². The van der Waals surface area contributed by atoms with Gasteiger partial charge in [0.2, 0.25) is 0 Å². The Morgan fingerprint density at radius 2 is 2.06 bits per heavy atom. The van der Waals surface area contributed by atoms with E-state index >= 15 is 0 Å². The molecule has 1 amide bonds. The molecule has 0 radical (unpaired) electrons. The molecular weight excluding hydrogens is 418 g/mol. The molecule has 158 valence electrons. The number of imidazole rings is 1. The highest BCUT2D eigenvalue weighted by Gasteiger charge is 2.22. The lowest BCUT2D eigenvalue weighted by Gasteiger charge is -2.20. The highest BCUT2D eigenvalue weighted by Crippen LogP contribution is 2.32. The third-order valence-corrected chi connectivity index (χ3v) is 5.78. The van der Waals surface area contributed by atoms with E-state index in [9.17, 15) is 14.9 Å². The predicted molar refractivity (Wildman–Crippen MR) is 118 cm³/mol. The van der Waals surface area contributed by atoms with Crippen molar-refractivity contribution in [2.75, 3.05) is 18.6 Å². The number of nitro groups is 1. The van der Waals surface area contributed by atoms with Crippen molar-refractivity contribution in [2.24, 2.45) is 0 Å². The second kappa shape index (κ2) is 8.92. The normalized spacial score (nSPS) is 10.9. The number of anilines is 1. The van der Waals surface area contributed by atoms with Crippen LogP contribution >= 0.6 is 11.3 Å². The average Bonchev–Trinajstić information content (AvgIpc) is 3.45.